The summed E-state index contributed by atoms with van der Waals surface area (Å²) in [5, 5.41) is 0.222. The summed E-state index contributed by atoms with van der Waals surface area (Å²) in [6, 6.07) is 6.31. The molecule has 18 heavy (non-hydrogen) atoms. The number of aromatic nitrogens is 2. The van der Waals surface area contributed by atoms with Gasteiger partial charge in [0.2, 0.25) is 5.13 Å². The van der Waals surface area contributed by atoms with Gasteiger partial charge >= 0.3 is 0 Å². The Bertz CT molecular complexity index is 652. The number of hydrazine groups is 1. The highest BCUT2D eigenvalue weighted by Crippen LogP contribution is 2.23. The molecule has 2 aromatic rings. The van der Waals surface area contributed by atoms with Gasteiger partial charge in [-0.05, 0) is 19.1 Å². The number of hydrogen-bond donors (Lipinski definition) is 3. The van der Waals surface area contributed by atoms with Crippen molar-refractivity contribution in [2.24, 2.45) is 5.84 Å². The van der Waals surface area contributed by atoms with E-state index in [1.807, 2.05) is 0 Å². The molecule has 1 aromatic heterocycles. The van der Waals surface area contributed by atoms with Crippen molar-refractivity contribution in [2.75, 3.05) is 10.1 Å². The van der Waals surface area contributed by atoms with Gasteiger partial charge in [0.1, 0.15) is 10.7 Å². The van der Waals surface area contributed by atoms with E-state index in [2.05, 4.69) is 19.5 Å². The average molecular weight is 285 g/mol. The first-order valence-corrected chi connectivity index (χ1v) is 7.17. The number of aryl methyl sites for hydroxylation is 1. The van der Waals surface area contributed by atoms with Crippen LogP contribution in [0.5, 0.6) is 0 Å². The van der Waals surface area contributed by atoms with E-state index in [1.54, 1.807) is 25.1 Å². The third kappa shape index (κ3) is 2.58. The summed E-state index contributed by atoms with van der Waals surface area (Å²) in [4.78, 5) is 4.00. The molecule has 0 spiro atoms. The van der Waals surface area contributed by atoms with Crippen molar-refractivity contribution in [3.8, 4) is 0 Å². The molecule has 0 aliphatic rings. The summed E-state index contributed by atoms with van der Waals surface area (Å²) in [6.45, 7) is 1.68. The van der Waals surface area contributed by atoms with Gasteiger partial charge in [-0.25, -0.2) is 13.4 Å². The molecule has 0 saturated carbocycles. The number of benzene rings is 1. The Balaban J connectivity index is 2.36. The van der Waals surface area contributed by atoms with Crippen LogP contribution in [0, 0.1) is 6.92 Å². The first-order chi connectivity index (χ1) is 8.53. The Morgan fingerprint density at radius 3 is 2.67 bits per heavy atom. The third-order valence-corrected chi connectivity index (χ3v) is 4.33. The predicted molar refractivity (Wildman–Crippen MR) is 69.7 cm³/mol. The highest BCUT2D eigenvalue weighted by molar-refractivity contribution is 7.93. The van der Waals surface area contributed by atoms with E-state index in [1.165, 1.54) is 6.07 Å². The summed E-state index contributed by atoms with van der Waals surface area (Å²) >= 11 is 0.981. The van der Waals surface area contributed by atoms with Crippen LogP contribution in [0.4, 0.5) is 10.8 Å². The lowest BCUT2D eigenvalue weighted by Gasteiger charge is -2.09. The van der Waals surface area contributed by atoms with Crippen LogP contribution in [0.15, 0.2) is 29.2 Å². The lowest BCUT2D eigenvalue weighted by molar-refractivity contribution is 0.601. The SMILES string of the molecule is Cc1nsc(NS(=O)(=O)c2ccccc2NN)n1. The minimum absolute atomic E-state index is 0.0559. The molecule has 0 amide bonds. The van der Waals surface area contributed by atoms with E-state index >= 15 is 0 Å². The number of rotatable bonds is 4. The van der Waals surface area contributed by atoms with Crippen molar-refractivity contribution in [3.05, 3.63) is 30.1 Å². The number of nitrogen functional groups attached to an aromatic ring is 1. The number of nitrogens with two attached hydrogens (primary N) is 1. The second-order valence-electron chi connectivity index (χ2n) is 3.39. The van der Waals surface area contributed by atoms with Crippen LogP contribution in [-0.2, 0) is 10.0 Å². The van der Waals surface area contributed by atoms with E-state index in [0.29, 0.717) is 11.5 Å². The van der Waals surface area contributed by atoms with Gasteiger partial charge in [-0.15, -0.1) is 0 Å². The number of nitrogens with one attached hydrogen (secondary N) is 2. The Hall–Kier alpha value is -1.71. The molecule has 2 rings (SSSR count). The maximum absolute atomic E-state index is 12.1. The van der Waals surface area contributed by atoms with Crippen LogP contribution >= 0.6 is 11.5 Å². The molecule has 0 radical (unpaired) electrons. The van der Waals surface area contributed by atoms with Crippen molar-refractivity contribution in [2.45, 2.75) is 11.8 Å². The number of para-hydroxylation sites is 1. The Morgan fingerprint density at radius 1 is 1.33 bits per heavy atom. The molecule has 0 fully saturated rings. The minimum atomic E-state index is -3.73. The van der Waals surface area contributed by atoms with Gasteiger partial charge < -0.3 is 5.43 Å². The third-order valence-electron chi connectivity index (χ3n) is 2.08. The zero-order valence-electron chi connectivity index (χ0n) is 9.41. The molecule has 0 atom stereocenters. The van der Waals surface area contributed by atoms with Crippen molar-refractivity contribution < 1.29 is 8.42 Å². The smallest absolute Gasteiger partial charge is 0.265 e. The molecule has 0 saturated heterocycles. The fourth-order valence-electron chi connectivity index (χ4n) is 1.33. The summed E-state index contributed by atoms with van der Waals surface area (Å²) in [5.74, 6) is 5.79. The molecule has 0 aliphatic heterocycles. The highest BCUT2D eigenvalue weighted by Gasteiger charge is 2.19. The second-order valence-corrected chi connectivity index (χ2v) is 5.80. The summed E-state index contributed by atoms with van der Waals surface area (Å²) < 4.78 is 30.5. The second kappa shape index (κ2) is 4.88. The molecule has 4 N–H and O–H groups in total. The van der Waals surface area contributed by atoms with Gasteiger partial charge in [-0.1, -0.05) is 12.1 Å². The summed E-state index contributed by atoms with van der Waals surface area (Å²) in [7, 11) is -3.73. The zero-order chi connectivity index (χ0) is 13.2. The molecule has 96 valence electrons. The lowest BCUT2D eigenvalue weighted by atomic mass is 10.3. The maximum Gasteiger partial charge on any atom is 0.265 e. The predicted octanol–water partition coefficient (Wildman–Crippen LogP) is 0.933. The average Bonchev–Trinajstić information content (AvgIpc) is 2.74. The van der Waals surface area contributed by atoms with Crippen molar-refractivity contribution in [1.82, 2.24) is 9.36 Å². The molecular weight excluding hydrogens is 274 g/mol. The number of hydrogen-bond acceptors (Lipinski definition) is 7. The molecule has 1 aromatic carbocycles. The van der Waals surface area contributed by atoms with Crippen LogP contribution in [0.1, 0.15) is 5.82 Å². The number of nitrogens with zero attached hydrogens (tertiary/aromatic N) is 2. The van der Waals surface area contributed by atoms with Gasteiger partial charge in [-0.3, -0.25) is 10.6 Å². The normalized spacial score (nSPS) is 11.2. The van der Waals surface area contributed by atoms with Crippen LogP contribution in [0.25, 0.3) is 0 Å². The van der Waals surface area contributed by atoms with Crippen molar-refractivity contribution in [3.63, 3.8) is 0 Å². The van der Waals surface area contributed by atoms with Gasteiger partial charge in [0.25, 0.3) is 10.0 Å². The Labute approximate surface area is 108 Å². The largest absolute Gasteiger partial charge is 0.323 e. The lowest BCUT2D eigenvalue weighted by Crippen LogP contribution is -2.17. The molecule has 9 heteroatoms. The molecule has 0 bridgehead atoms. The van der Waals surface area contributed by atoms with E-state index in [-0.39, 0.29) is 10.0 Å². The van der Waals surface area contributed by atoms with Gasteiger partial charge in [0.15, 0.2) is 0 Å². The van der Waals surface area contributed by atoms with Crippen LogP contribution in [-0.4, -0.2) is 17.8 Å². The first kappa shape index (κ1) is 12.7. The zero-order valence-corrected chi connectivity index (χ0v) is 11.0. The molecule has 1 heterocycles. The van der Waals surface area contributed by atoms with Gasteiger partial charge in [0.05, 0.1) is 5.69 Å². The first-order valence-electron chi connectivity index (χ1n) is 4.92. The summed E-state index contributed by atoms with van der Waals surface area (Å²) in [6.07, 6.45) is 0. The highest BCUT2D eigenvalue weighted by atomic mass is 32.2. The van der Waals surface area contributed by atoms with Crippen molar-refractivity contribution in [1.29, 1.82) is 0 Å². The van der Waals surface area contributed by atoms with E-state index in [9.17, 15) is 8.42 Å². The fourth-order valence-corrected chi connectivity index (χ4v) is 3.30. The topological polar surface area (TPSA) is 110 Å². The van der Waals surface area contributed by atoms with Gasteiger partial charge in [-0.2, -0.15) is 4.37 Å². The standard InChI is InChI=1S/C9H11N5O2S2/c1-6-11-9(17-13-6)14-18(15,16)8-5-3-2-4-7(8)12-10/h2-5,12H,10H2,1H3,(H,11,13,14). The quantitative estimate of drug-likeness (QED) is 0.569. The number of sulfonamides is 1. The minimum Gasteiger partial charge on any atom is -0.323 e. The van der Waals surface area contributed by atoms with Crippen LogP contribution < -0.4 is 16.0 Å². The monoisotopic (exact) mass is 285 g/mol. The van der Waals surface area contributed by atoms with E-state index in [4.69, 9.17) is 5.84 Å². The molecular formula is C9H11N5O2S2. The molecule has 0 unspecified atom stereocenters. The Morgan fingerprint density at radius 2 is 2.06 bits per heavy atom. The fraction of sp³-hybridized carbons (Fsp3) is 0.111. The summed E-state index contributed by atoms with van der Waals surface area (Å²) in [5.41, 5.74) is 2.65. The van der Waals surface area contributed by atoms with Gasteiger partial charge in [0, 0.05) is 11.5 Å². The van der Waals surface area contributed by atoms with E-state index < -0.39 is 10.0 Å². The van der Waals surface area contributed by atoms with Crippen LogP contribution in [0.2, 0.25) is 0 Å². The van der Waals surface area contributed by atoms with Crippen molar-refractivity contribution >= 4 is 32.4 Å². The van der Waals surface area contributed by atoms with E-state index in [0.717, 1.165) is 11.5 Å². The molecule has 7 nitrogen and oxygen atoms in total. The maximum atomic E-state index is 12.1. The number of anilines is 2. The Kier molecular flexibility index (Phi) is 3.45. The van der Waals surface area contributed by atoms with Crippen LogP contribution in [0.3, 0.4) is 0 Å². The molecule has 0 aliphatic carbocycles.